The molecule has 0 spiro atoms. The van der Waals surface area contributed by atoms with E-state index in [1.54, 1.807) is 6.26 Å². The number of hydrogen-bond acceptors (Lipinski definition) is 5. The van der Waals surface area contributed by atoms with Crippen LogP contribution in [-0.2, 0) is 20.7 Å². The largest absolute Gasteiger partial charge is 0.616 e. The number of aromatic nitrogens is 2. The zero-order valence-electron chi connectivity index (χ0n) is 11.6. The Balaban J connectivity index is 1.95. The highest BCUT2D eigenvalue weighted by Gasteiger charge is 2.55. The van der Waals surface area contributed by atoms with E-state index in [9.17, 15) is 4.55 Å². The smallest absolute Gasteiger partial charge is 0.224 e. The molecule has 0 bridgehead atoms. The molecule has 20 heavy (non-hydrogen) atoms. The fraction of sp³-hybridized carbons (Fsp3) is 0.692. The third kappa shape index (κ3) is 2.50. The van der Waals surface area contributed by atoms with Crippen LogP contribution >= 0.6 is 11.6 Å². The van der Waals surface area contributed by atoms with Crippen LogP contribution in [0.2, 0.25) is 5.28 Å². The number of ether oxygens (including phenoxy) is 1. The van der Waals surface area contributed by atoms with E-state index in [1.165, 1.54) is 0 Å². The quantitative estimate of drug-likeness (QED) is 0.628. The second-order valence-corrected chi connectivity index (χ2v) is 7.47. The summed E-state index contributed by atoms with van der Waals surface area (Å²) < 4.78 is 17.1. The van der Waals surface area contributed by atoms with E-state index in [2.05, 4.69) is 21.8 Å². The molecular formula is C13H18ClN3O2S. The van der Waals surface area contributed by atoms with Gasteiger partial charge in [-0.2, -0.15) is 0 Å². The minimum atomic E-state index is -0.938. The van der Waals surface area contributed by atoms with Crippen molar-refractivity contribution in [2.45, 2.75) is 30.6 Å². The van der Waals surface area contributed by atoms with Gasteiger partial charge in [-0.1, -0.05) is 0 Å². The molecule has 5 nitrogen and oxygen atoms in total. The van der Waals surface area contributed by atoms with Crippen molar-refractivity contribution in [1.29, 1.82) is 0 Å². The molecule has 2 aliphatic rings. The molecule has 110 valence electrons. The Morgan fingerprint density at radius 2 is 2.25 bits per heavy atom. The van der Waals surface area contributed by atoms with Crippen molar-refractivity contribution in [3.05, 3.63) is 17.0 Å². The van der Waals surface area contributed by atoms with Gasteiger partial charge in [0.15, 0.2) is 4.75 Å². The van der Waals surface area contributed by atoms with E-state index in [0.717, 1.165) is 30.9 Å². The molecule has 0 N–H and O–H groups in total. The van der Waals surface area contributed by atoms with Gasteiger partial charge < -0.3 is 14.2 Å². The molecule has 1 saturated heterocycles. The Bertz CT molecular complexity index is 510. The summed E-state index contributed by atoms with van der Waals surface area (Å²) in [5, 5.41) is 0.230. The van der Waals surface area contributed by atoms with Crippen molar-refractivity contribution in [2.75, 3.05) is 30.9 Å². The summed E-state index contributed by atoms with van der Waals surface area (Å²) in [7, 11) is 0. The van der Waals surface area contributed by atoms with Crippen LogP contribution in [0.5, 0.6) is 0 Å². The standard InChI is InChI=1S/C13H18ClN3O2S/c1-9-8-19-6-5-17(9)11-7-10(15-12(14)16-11)13(3-4-13)20(2)18/h7,9H,3-6,8H2,1-2H3/t9-,20-/m1/s1. The summed E-state index contributed by atoms with van der Waals surface area (Å²) in [6.07, 6.45) is 3.54. The van der Waals surface area contributed by atoms with Gasteiger partial charge >= 0.3 is 0 Å². The van der Waals surface area contributed by atoms with Crippen LogP contribution in [-0.4, -0.2) is 46.6 Å². The van der Waals surface area contributed by atoms with Crippen molar-refractivity contribution < 1.29 is 9.29 Å². The summed E-state index contributed by atoms with van der Waals surface area (Å²) in [6.45, 7) is 4.25. The van der Waals surface area contributed by atoms with Crippen LogP contribution in [0.15, 0.2) is 6.07 Å². The molecule has 3 rings (SSSR count). The zero-order chi connectivity index (χ0) is 14.3. The number of rotatable bonds is 3. The van der Waals surface area contributed by atoms with E-state index in [4.69, 9.17) is 16.3 Å². The highest BCUT2D eigenvalue weighted by atomic mass is 35.5. The maximum atomic E-state index is 12.0. The number of halogens is 1. The molecule has 0 amide bonds. The molecule has 2 atom stereocenters. The van der Waals surface area contributed by atoms with Gasteiger partial charge in [0.2, 0.25) is 5.28 Å². The van der Waals surface area contributed by atoms with E-state index in [1.807, 2.05) is 6.07 Å². The van der Waals surface area contributed by atoms with Gasteiger partial charge in [-0.3, -0.25) is 0 Å². The van der Waals surface area contributed by atoms with Crippen molar-refractivity contribution >= 4 is 28.6 Å². The lowest BCUT2D eigenvalue weighted by Crippen LogP contribution is -2.44. The number of anilines is 1. The molecule has 2 fully saturated rings. The molecular weight excluding hydrogens is 298 g/mol. The third-order valence-electron chi connectivity index (χ3n) is 4.07. The van der Waals surface area contributed by atoms with Crippen LogP contribution in [0, 0.1) is 0 Å². The first-order valence-electron chi connectivity index (χ1n) is 6.76. The molecule has 0 unspecified atom stereocenters. The Morgan fingerprint density at radius 3 is 2.85 bits per heavy atom. The predicted octanol–water partition coefficient (Wildman–Crippen LogP) is 1.72. The minimum Gasteiger partial charge on any atom is -0.616 e. The molecule has 0 aromatic carbocycles. The average Bonchev–Trinajstić information content (AvgIpc) is 3.20. The Labute approximate surface area is 126 Å². The van der Waals surface area contributed by atoms with Crippen LogP contribution < -0.4 is 4.90 Å². The SMILES string of the molecule is C[C@@H]1COCCN1c1cc(C2([S@@+](C)[O-])CC2)nc(Cl)n1. The predicted molar refractivity (Wildman–Crippen MR) is 79.6 cm³/mol. The molecule has 0 radical (unpaired) electrons. The van der Waals surface area contributed by atoms with E-state index in [0.29, 0.717) is 13.2 Å². The van der Waals surface area contributed by atoms with Crippen molar-refractivity contribution in [3.63, 3.8) is 0 Å². The van der Waals surface area contributed by atoms with E-state index < -0.39 is 11.2 Å². The van der Waals surface area contributed by atoms with Gasteiger partial charge in [0, 0.05) is 25.5 Å². The molecule has 1 aromatic rings. The third-order valence-corrected chi connectivity index (χ3v) is 5.96. The van der Waals surface area contributed by atoms with Gasteiger partial charge in [-0.05, 0) is 29.7 Å². The van der Waals surface area contributed by atoms with Crippen molar-refractivity contribution in [1.82, 2.24) is 9.97 Å². The van der Waals surface area contributed by atoms with Gasteiger partial charge in [0.05, 0.1) is 25.5 Å². The fourth-order valence-electron chi connectivity index (χ4n) is 2.66. The van der Waals surface area contributed by atoms with Crippen LogP contribution in [0.25, 0.3) is 0 Å². The molecule has 7 heteroatoms. The zero-order valence-corrected chi connectivity index (χ0v) is 13.2. The highest BCUT2D eigenvalue weighted by molar-refractivity contribution is 7.91. The van der Waals surface area contributed by atoms with Crippen molar-refractivity contribution in [3.8, 4) is 0 Å². The number of nitrogens with zero attached hydrogens (tertiary/aromatic N) is 3. The van der Waals surface area contributed by atoms with Crippen LogP contribution in [0.1, 0.15) is 25.5 Å². The summed E-state index contributed by atoms with van der Waals surface area (Å²) in [6, 6.07) is 2.20. The molecule has 1 aliphatic carbocycles. The molecule has 2 heterocycles. The maximum Gasteiger partial charge on any atom is 0.224 e. The maximum absolute atomic E-state index is 12.0. The van der Waals surface area contributed by atoms with E-state index in [-0.39, 0.29) is 16.1 Å². The lowest BCUT2D eigenvalue weighted by molar-refractivity contribution is 0.0985. The number of hydrogen-bond donors (Lipinski definition) is 0. The first-order valence-corrected chi connectivity index (χ1v) is 8.69. The first-order chi connectivity index (χ1) is 9.53. The molecule has 1 aliphatic heterocycles. The summed E-state index contributed by atoms with van der Waals surface area (Å²) in [4.78, 5) is 10.8. The van der Waals surface area contributed by atoms with Crippen LogP contribution in [0.4, 0.5) is 5.82 Å². The minimum absolute atomic E-state index is 0.230. The van der Waals surface area contributed by atoms with Gasteiger partial charge in [0.1, 0.15) is 11.5 Å². The normalized spacial score (nSPS) is 26.4. The molecule has 1 saturated carbocycles. The average molecular weight is 316 g/mol. The second-order valence-electron chi connectivity index (χ2n) is 5.45. The summed E-state index contributed by atoms with van der Waals surface area (Å²) in [5.74, 6) is 0.813. The first kappa shape index (κ1) is 14.4. The van der Waals surface area contributed by atoms with E-state index >= 15 is 0 Å². The highest BCUT2D eigenvalue weighted by Crippen LogP contribution is 2.52. The van der Waals surface area contributed by atoms with Gasteiger partial charge in [-0.25, -0.2) is 9.97 Å². The van der Waals surface area contributed by atoms with Crippen molar-refractivity contribution in [2.24, 2.45) is 0 Å². The summed E-state index contributed by atoms with van der Waals surface area (Å²) in [5.41, 5.74) is 0.812. The fourth-order valence-corrected chi connectivity index (χ4v) is 3.91. The topological polar surface area (TPSA) is 61.3 Å². The van der Waals surface area contributed by atoms with Gasteiger partial charge in [-0.15, -0.1) is 0 Å². The Kier molecular flexibility index (Phi) is 3.83. The monoisotopic (exact) mass is 315 g/mol. The second kappa shape index (κ2) is 5.33. The lowest BCUT2D eigenvalue weighted by atomic mass is 10.2. The lowest BCUT2D eigenvalue weighted by Gasteiger charge is -2.34. The van der Waals surface area contributed by atoms with Crippen LogP contribution in [0.3, 0.4) is 0 Å². The van der Waals surface area contributed by atoms with Gasteiger partial charge in [0.25, 0.3) is 0 Å². The number of morpholine rings is 1. The summed E-state index contributed by atoms with van der Waals surface area (Å²) >= 11 is 5.14. The Morgan fingerprint density at radius 1 is 1.50 bits per heavy atom. The Hall–Kier alpha value is -0.560. The molecule has 1 aromatic heterocycles.